The van der Waals surface area contributed by atoms with Gasteiger partial charge in [0.2, 0.25) is 0 Å². The number of benzene rings is 1. The third-order valence-corrected chi connectivity index (χ3v) is 3.05. The van der Waals surface area contributed by atoms with Crippen molar-refractivity contribution in [3.63, 3.8) is 0 Å². The van der Waals surface area contributed by atoms with E-state index in [-0.39, 0.29) is 0 Å². The zero-order chi connectivity index (χ0) is 10.5. The molecule has 1 aromatic carbocycles. The lowest BCUT2D eigenvalue weighted by Crippen LogP contribution is -2.15. The van der Waals surface area contributed by atoms with E-state index in [9.17, 15) is 4.39 Å². The van der Waals surface area contributed by atoms with Gasteiger partial charge in [-0.05, 0) is 37.4 Å². The van der Waals surface area contributed by atoms with Gasteiger partial charge in [0.25, 0.3) is 0 Å². The molecule has 1 heterocycles. The molecular weight excluding hydrogens is 189 g/mol. The highest BCUT2D eigenvalue weighted by Gasteiger charge is 2.19. The van der Waals surface area contributed by atoms with Crippen LogP contribution in [-0.2, 0) is 6.42 Å². The second-order valence-corrected chi connectivity index (χ2v) is 4.38. The van der Waals surface area contributed by atoms with Crippen molar-refractivity contribution in [2.24, 2.45) is 5.92 Å². The Morgan fingerprint density at radius 1 is 1.33 bits per heavy atom. The van der Waals surface area contributed by atoms with Crippen molar-refractivity contribution in [2.75, 3.05) is 13.1 Å². The molecule has 2 rings (SSSR count). The molecule has 0 spiro atoms. The fourth-order valence-corrected chi connectivity index (χ4v) is 2.23. The molecule has 1 fully saturated rings. The molecule has 0 aromatic heterocycles. The Labute approximate surface area is 90.7 Å². The van der Waals surface area contributed by atoms with E-state index in [2.05, 4.69) is 5.32 Å². The van der Waals surface area contributed by atoms with Gasteiger partial charge in [-0.3, -0.25) is 0 Å². The van der Waals surface area contributed by atoms with Gasteiger partial charge in [0.05, 0.1) is 0 Å². The first-order valence-electron chi connectivity index (χ1n) is 5.73. The highest BCUT2D eigenvalue weighted by molar-refractivity contribution is 5.15. The lowest BCUT2D eigenvalue weighted by molar-refractivity contribution is 0.273. The van der Waals surface area contributed by atoms with Crippen LogP contribution in [0.3, 0.4) is 0 Å². The molecular formula is C13H18FN. The van der Waals surface area contributed by atoms with Crippen molar-refractivity contribution in [2.45, 2.75) is 25.4 Å². The lowest BCUT2D eigenvalue weighted by Gasteiger charge is -2.12. The molecule has 0 bridgehead atoms. The van der Waals surface area contributed by atoms with Gasteiger partial charge in [-0.2, -0.15) is 0 Å². The predicted molar refractivity (Wildman–Crippen MR) is 60.6 cm³/mol. The fraction of sp³-hybridized carbons (Fsp3) is 0.538. The van der Waals surface area contributed by atoms with E-state index in [1.165, 1.54) is 0 Å². The summed E-state index contributed by atoms with van der Waals surface area (Å²) in [5.41, 5.74) is 1.11. The first kappa shape index (κ1) is 10.6. The second kappa shape index (κ2) is 5.26. The van der Waals surface area contributed by atoms with E-state index < -0.39 is 6.17 Å². The molecule has 1 nitrogen and oxygen atoms in total. The largest absolute Gasteiger partial charge is 0.316 e. The van der Waals surface area contributed by atoms with Crippen LogP contribution in [0.25, 0.3) is 0 Å². The van der Waals surface area contributed by atoms with E-state index in [0.29, 0.717) is 18.8 Å². The number of hydrogen-bond donors (Lipinski definition) is 1. The third kappa shape index (κ3) is 3.31. The Balaban J connectivity index is 1.79. The Kier molecular flexibility index (Phi) is 3.73. The Morgan fingerprint density at radius 3 is 2.80 bits per heavy atom. The molecule has 0 amide bonds. The van der Waals surface area contributed by atoms with Gasteiger partial charge >= 0.3 is 0 Å². The maximum absolute atomic E-state index is 13.7. The molecule has 1 aromatic rings. The summed E-state index contributed by atoms with van der Waals surface area (Å²) in [6.45, 7) is 2.05. The van der Waals surface area contributed by atoms with Crippen molar-refractivity contribution in [1.29, 1.82) is 0 Å². The van der Waals surface area contributed by atoms with Gasteiger partial charge in [-0.1, -0.05) is 30.3 Å². The summed E-state index contributed by atoms with van der Waals surface area (Å²) in [7, 11) is 0. The average molecular weight is 207 g/mol. The van der Waals surface area contributed by atoms with Crippen LogP contribution >= 0.6 is 0 Å². The minimum absolute atomic E-state index is 0.545. The van der Waals surface area contributed by atoms with Crippen molar-refractivity contribution in [1.82, 2.24) is 5.32 Å². The van der Waals surface area contributed by atoms with E-state index >= 15 is 0 Å². The molecule has 2 unspecified atom stereocenters. The van der Waals surface area contributed by atoms with Crippen LogP contribution < -0.4 is 5.32 Å². The number of hydrogen-bond acceptors (Lipinski definition) is 1. The summed E-state index contributed by atoms with van der Waals surface area (Å²) in [6, 6.07) is 9.91. The molecule has 0 aliphatic carbocycles. The average Bonchev–Trinajstić information content (AvgIpc) is 2.71. The zero-order valence-corrected chi connectivity index (χ0v) is 8.95. The van der Waals surface area contributed by atoms with Crippen LogP contribution in [0.1, 0.15) is 18.4 Å². The summed E-state index contributed by atoms with van der Waals surface area (Å²) >= 11 is 0. The van der Waals surface area contributed by atoms with Crippen LogP contribution in [-0.4, -0.2) is 19.3 Å². The molecule has 0 radical (unpaired) electrons. The van der Waals surface area contributed by atoms with E-state index in [4.69, 9.17) is 0 Å². The van der Waals surface area contributed by atoms with Crippen molar-refractivity contribution < 1.29 is 4.39 Å². The Hall–Kier alpha value is -0.890. The second-order valence-electron chi connectivity index (χ2n) is 4.38. The van der Waals surface area contributed by atoms with Gasteiger partial charge in [0.15, 0.2) is 0 Å². The summed E-state index contributed by atoms with van der Waals surface area (Å²) in [5.74, 6) is 0.545. The Bertz CT molecular complexity index is 280. The summed E-state index contributed by atoms with van der Waals surface area (Å²) in [5, 5.41) is 3.27. The van der Waals surface area contributed by atoms with Crippen LogP contribution in [0.5, 0.6) is 0 Å². The van der Waals surface area contributed by atoms with Gasteiger partial charge in [0, 0.05) is 6.42 Å². The quantitative estimate of drug-likeness (QED) is 0.800. The minimum Gasteiger partial charge on any atom is -0.316 e. The van der Waals surface area contributed by atoms with E-state index in [1.54, 1.807) is 0 Å². The van der Waals surface area contributed by atoms with Gasteiger partial charge < -0.3 is 5.32 Å². The summed E-state index contributed by atoms with van der Waals surface area (Å²) in [6.07, 6.45) is 1.73. The smallest absolute Gasteiger partial charge is 0.104 e. The van der Waals surface area contributed by atoms with Gasteiger partial charge in [0.1, 0.15) is 6.17 Å². The molecule has 1 aliphatic heterocycles. The van der Waals surface area contributed by atoms with E-state index in [1.807, 2.05) is 30.3 Å². The topological polar surface area (TPSA) is 12.0 Å². The molecule has 1 aliphatic rings. The molecule has 1 N–H and O–H groups in total. The van der Waals surface area contributed by atoms with Crippen LogP contribution in [0, 0.1) is 5.92 Å². The monoisotopic (exact) mass is 207 g/mol. The fourth-order valence-electron chi connectivity index (χ4n) is 2.23. The molecule has 2 heteroatoms. The maximum atomic E-state index is 13.7. The van der Waals surface area contributed by atoms with Crippen molar-refractivity contribution in [3.8, 4) is 0 Å². The first-order valence-corrected chi connectivity index (χ1v) is 5.73. The van der Waals surface area contributed by atoms with Crippen LogP contribution in [0.2, 0.25) is 0 Å². The van der Waals surface area contributed by atoms with Gasteiger partial charge in [-0.25, -0.2) is 4.39 Å². The number of nitrogens with one attached hydrogen (secondary N) is 1. The standard InChI is InChI=1S/C13H18FN/c14-13(9-12-6-7-15-10-12)8-11-4-2-1-3-5-11/h1-5,12-13,15H,6-10H2. The van der Waals surface area contributed by atoms with Gasteiger partial charge in [-0.15, -0.1) is 0 Å². The Morgan fingerprint density at radius 2 is 2.13 bits per heavy atom. The SMILES string of the molecule is FC(Cc1ccccc1)CC1CCNC1. The molecule has 82 valence electrons. The maximum Gasteiger partial charge on any atom is 0.104 e. The predicted octanol–water partition coefficient (Wildman–Crippen LogP) is 2.57. The minimum atomic E-state index is -0.683. The number of halogens is 1. The molecule has 2 atom stereocenters. The van der Waals surface area contributed by atoms with Crippen molar-refractivity contribution in [3.05, 3.63) is 35.9 Å². The molecule has 1 saturated heterocycles. The normalized spacial score (nSPS) is 22.9. The van der Waals surface area contributed by atoms with Crippen LogP contribution in [0.4, 0.5) is 4.39 Å². The highest BCUT2D eigenvalue weighted by Crippen LogP contribution is 2.19. The van der Waals surface area contributed by atoms with E-state index in [0.717, 1.165) is 25.1 Å². The lowest BCUT2D eigenvalue weighted by atomic mass is 9.97. The summed E-state index contributed by atoms with van der Waals surface area (Å²) < 4.78 is 13.7. The molecule has 15 heavy (non-hydrogen) atoms. The highest BCUT2D eigenvalue weighted by atomic mass is 19.1. The number of rotatable bonds is 4. The summed E-state index contributed by atoms with van der Waals surface area (Å²) in [4.78, 5) is 0. The van der Waals surface area contributed by atoms with Crippen LogP contribution in [0.15, 0.2) is 30.3 Å². The van der Waals surface area contributed by atoms with Crippen molar-refractivity contribution >= 4 is 0 Å². The number of alkyl halides is 1. The zero-order valence-electron chi connectivity index (χ0n) is 8.95. The molecule has 0 saturated carbocycles. The third-order valence-electron chi connectivity index (χ3n) is 3.05. The first-order chi connectivity index (χ1) is 7.34.